The Kier molecular flexibility index (Phi) is 5.35. The molecule has 0 unspecified atom stereocenters. The Labute approximate surface area is 136 Å². The zero-order valence-electron chi connectivity index (χ0n) is 11.2. The van der Waals surface area contributed by atoms with Crippen molar-refractivity contribution in [1.82, 2.24) is 5.32 Å². The molecule has 2 aromatic rings. The SMILES string of the molecule is O=C(CNC(=O)c1cc(F)c(Cl)cc1Cl)Nc1ccccc1. The minimum absolute atomic E-state index is 0.00682. The van der Waals surface area contributed by atoms with E-state index in [1.807, 2.05) is 6.07 Å². The van der Waals surface area contributed by atoms with Crippen LogP contribution in [0.3, 0.4) is 0 Å². The molecule has 0 fully saturated rings. The fraction of sp³-hybridized carbons (Fsp3) is 0.0667. The molecule has 7 heteroatoms. The lowest BCUT2D eigenvalue weighted by Gasteiger charge is -2.08. The fourth-order valence-electron chi connectivity index (χ4n) is 1.68. The molecular weight excluding hydrogens is 330 g/mol. The van der Waals surface area contributed by atoms with Gasteiger partial charge in [-0.15, -0.1) is 0 Å². The summed E-state index contributed by atoms with van der Waals surface area (Å²) >= 11 is 11.4. The highest BCUT2D eigenvalue weighted by Gasteiger charge is 2.15. The van der Waals surface area contributed by atoms with E-state index >= 15 is 0 Å². The van der Waals surface area contributed by atoms with Crippen LogP contribution in [0.4, 0.5) is 10.1 Å². The van der Waals surface area contributed by atoms with Crippen molar-refractivity contribution in [1.29, 1.82) is 0 Å². The lowest BCUT2D eigenvalue weighted by molar-refractivity contribution is -0.115. The monoisotopic (exact) mass is 340 g/mol. The van der Waals surface area contributed by atoms with Crippen LogP contribution in [0.15, 0.2) is 42.5 Å². The summed E-state index contributed by atoms with van der Waals surface area (Å²) in [5, 5.41) is 4.79. The Balaban J connectivity index is 1.95. The first-order valence-corrected chi connectivity index (χ1v) is 7.00. The molecule has 114 valence electrons. The third kappa shape index (κ3) is 4.19. The molecule has 0 bridgehead atoms. The summed E-state index contributed by atoms with van der Waals surface area (Å²) in [7, 11) is 0. The van der Waals surface area contributed by atoms with Crippen LogP contribution >= 0.6 is 23.2 Å². The third-order valence-corrected chi connectivity index (χ3v) is 3.32. The first kappa shape index (κ1) is 16.3. The molecule has 0 heterocycles. The van der Waals surface area contributed by atoms with Crippen LogP contribution in [0, 0.1) is 5.82 Å². The van der Waals surface area contributed by atoms with Gasteiger partial charge in [-0.05, 0) is 24.3 Å². The van der Waals surface area contributed by atoms with Crippen molar-refractivity contribution in [3.8, 4) is 0 Å². The number of amides is 2. The summed E-state index contributed by atoms with van der Waals surface area (Å²) in [6.07, 6.45) is 0. The highest BCUT2D eigenvalue weighted by Crippen LogP contribution is 2.24. The second kappa shape index (κ2) is 7.24. The number of para-hydroxylation sites is 1. The second-order valence-electron chi connectivity index (χ2n) is 4.34. The maximum atomic E-state index is 13.4. The molecule has 2 amide bonds. The van der Waals surface area contributed by atoms with Gasteiger partial charge in [-0.3, -0.25) is 9.59 Å². The average molecular weight is 341 g/mol. The van der Waals surface area contributed by atoms with Crippen molar-refractivity contribution < 1.29 is 14.0 Å². The van der Waals surface area contributed by atoms with Crippen LogP contribution < -0.4 is 10.6 Å². The topological polar surface area (TPSA) is 58.2 Å². The van der Waals surface area contributed by atoms with E-state index in [-0.39, 0.29) is 22.2 Å². The van der Waals surface area contributed by atoms with Gasteiger partial charge in [0.15, 0.2) is 0 Å². The quantitative estimate of drug-likeness (QED) is 0.837. The Hall–Kier alpha value is -2.11. The van der Waals surface area contributed by atoms with Gasteiger partial charge in [-0.1, -0.05) is 41.4 Å². The van der Waals surface area contributed by atoms with Gasteiger partial charge in [-0.25, -0.2) is 4.39 Å². The molecule has 0 aromatic heterocycles. The minimum atomic E-state index is -0.759. The van der Waals surface area contributed by atoms with Crippen LogP contribution in [0.5, 0.6) is 0 Å². The molecule has 0 saturated heterocycles. The van der Waals surface area contributed by atoms with Crippen LogP contribution in [-0.2, 0) is 4.79 Å². The lowest BCUT2D eigenvalue weighted by Crippen LogP contribution is -2.33. The highest BCUT2D eigenvalue weighted by atomic mass is 35.5. The molecule has 22 heavy (non-hydrogen) atoms. The van der Waals surface area contributed by atoms with Gasteiger partial charge in [0.1, 0.15) is 5.82 Å². The van der Waals surface area contributed by atoms with Crippen molar-refractivity contribution in [3.63, 3.8) is 0 Å². The van der Waals surface area contributed by atoms with Crippen LogP contribution in [0.1, 0.15) is 10.4 Å². The van der Waals surface area contributed by atoms with E-state index in [1.165, 1.54) is 0 Å². The first-order valence-electron chi connectivity index (χ1n) is 6.25. The summed E-state index contributed by atoms with van der Waals surface area (Å²) in [6, 6.07) is 10.8. The van der Waals surface area contributed by atoms with Crippen LogP contribution in [0.25, 0.3) is 0 Å². The normalized spacial score (nSPS) is 10.1. The summed E-state index contributed by atoms with van der Waals surface area (Å²) in [6.45, 7) is -0.270. The van der Waals surface area contributed by atoms with Crippen LogP contribution in [-0.4, -0.2) is 18.4 Å². The van der Waals surface area contributed by atoms with Crippen molar-refractivity contribution in [3.05, 3.63) is 63.9 Å². The zero-order chi connectivity index (χ0) is 16.1. The van der Waals surface area contributed by atoms with Gasteiger partial charge in [0, 0.05) is 5.69 Å². The number of rotatable bonds is 4. The molecule has 0 radical (unpaired) electrons. The number of halogens is 3. The zero-order valence-corrected chi connectivity index (χ0v) is 12.7. The van der Waals surface area contributed by atoms with E-state index in [2.05, 4.69) is 10.6 Å². The summed E-state index contributed by atoms with van der Waals surface area (Å²) in [4.78, 5) is 23.6. The summed E-state index contributed by atoms with van der Waals surface area (Å²) < 4.78 is 13.4. The van der Waals surface area contributed by atoms with E-state index in [0.29, 0.717) is 5.69 Å². The van der Waals surface area contributed by atoms with E-state index in [1.54, 1.807) is 24.3 Å². The van der Waals surface area contributed by atoms with E-state index in [0.717, 1.165) is 12.1 Å². The Morgan fingerprint density at radius 1 is 1.05 bits per heavy atom. The third-order valence-electron chi connectivity index (χ3n) is 2.72. The molecule has 2 N–H and O–H groups in total. The molecule has 0 spiro atoms. The summed E-state index contributed by atoms with van der Waals surface area (Å²) in [5.74, 6) is -1.83. The molecule has 0 atom stereocenters. The maximum absolute atomic E-state index is 13.4. The number of benzene rings is 2. The van der Waals surface area contributed by atoms with Gasteiger partial charge < -0.3 is 10.6 Å². The molecule has 4 nitrogen and oxygen atoms in total. The Bertz CT molecular complexity index is 708. The van der Waals surface area contributed by atoms with Gasteiger partial charge >= 0.3 is 0 Å². The molecule has 2 rings (SSSR count). The average Bonchev–Trinajstić information content (AvgIpc) is 2.49. The van der Waals surface area contributed by atoms with E-state index in [9.17, 15) is 14.0 Å². The highest BCUT2D eigenvalue weighted by molar-refractivity contribution is 6.36. The Morgan fingerprint density at radius 3 is 2.41 bits per heavy atom. The number of carbonyl (C=O) groups is 2. The summed E-state index contributed by atoms with van der Waals surface area (Å²) in [5.41, 5.74) is 0.522. The van der Waals surface area contributed by atoms with Crippen LogP contribution in [0.2, 0.25) is 10.0 Å². The minimum Gasteiger partial charge on any atom is -0.343 e. The number of hydrogen-bond acceptors (Lipinski definition) is 2. The smallest absolute Gasteiger partial charge is 0.253 e. The van der Waals surface area contributed by atoms with E-state index < -0.39 is 17.6 Å². The number of carbonyl (C=O) groups excluding carboxylic acids is 2. The number of nitrogens with one attached hydrogen (secondary N) is 2. The number of anilines is 1. The largest absolute Gasteiger partial charge is 0.343 e. The second-order valence-corrected chi connectivity index (χ2v) is 5.16. The lowest BCUT2D eigenvalue weighted by atomic mass is 10.2. The van der Waals surface area contributed by atoms with Crippen molar-refractivity contribution in [2.75, 3.05) is 11.9 Å². The van der Waals surface area contributed by atoms with Crippen molar-refractivity contribution in [2.45, 2.75) is 0 Å². The number of hydrogen-bond donors (Lipinski definition) is 2. The predicted molar refractivity (Wildman–Crippen MR) is 83.8 cm³/mol. The molecule has 0 aliphatic rings. The van der Waals surface area contributed by atoms with Gasteiger partial charge in [0.25, 0.3) is 5.91 Å². The fourth-order valence-corrected chi connectivity index (χ4v) is 2.15. The molecule has 2 aromatic carbocycles. The molecule has 0 aliphatic carbocycles. The Morgan fingerprint density at radius 2 is 1.73 bits per heavy atom. The standard InChI is InChI=1S/C15H11Cl2FN2O2/c16-11-7-12(17)13(18)6-10(11)15(22)19-8-14(21)20-9-4-2-1-3-5-9/h1-7H,8H2,(H,19,22)(H,20,21). The van der Waals surface area contributed by atoms with Gasteiger partial charge in [0.05, 0.1) is 22.2 Å². The van der Waals surface area contributed by atoms with Gasteiger partial charge in [0.2, 0.25) is 5.91 Å². The maximum Gasteiger partial charge on any atom is 0.253 e. The molecule has 0 saturated carbocycles. The van der Waals surface area contributed by atoms with Gasteiger partial charge in [-0.2, -0.15) is 0 Å². The predicted octanol–water partition coefficient (Wildman–Crippen LogP) is 3.50. The molecular formula is C15H11Cl2FN2O2. The van der Waals surface area contributed by atoms with Crippen molar-refractivity contribution >= 4 is 40.7 Å². The first-order chi connectivity index (χ1) is 10.5. The van der Waals surface area contributed by atoms with E-state index in [4.69, 9.17) is 23.2 Å². The molecule has 0 aliphatic heterocycles. The van der Waals surface area contributed by atoms with Crippen molar-refractivity contribution in [2.24, 2.45) is 0 Å².